The van der Waals surface area contributed by atoms with E-state index < -0.39 is 32.4 Å². The van der Waals surface area contributed by atoms with Crippen molar-refractivity contribution in [1.29, 1.82) is 0 Å². The van der Waals surface area contributed by atoms with Crippen LogP contribution in [0, 0.1) is 11.6 Å². The van der Waals surface area contributed by atoms with E-state index in [1.807, 2.05) is 0 Å². The van der Waals surface area contributed by atoms with Crippen LogP contribution in [0.3, 0.4) is 0 Å². The molecule has 2 aromatic rings. The van der Waals surface area contributed by atoms with Crippen LogP contribution in [-0.4, -0.2) is 32.3 Å². The molecule has 29 heavy (non-hydrogen) atoms. The van der Waals surface area contributed by atoms with Crippen molar-refractivity contribution in [3.63, 3.8) is 0 Å². The van der Waals surface area contributed by atoms with Gasteiger partial charge in [-0.15, -0.1) is 0 Å². The first kappa shape index (κ1) is 22.6. The molecule has 0 saturated heterocycles. The molecule has 0 saturated carbocycles. The Bertz CT molecular complexity index is 958. The predicted molar refractivity (Wildman–Crippen MR) is 108 cm³/mol. The maximum absolute atomic E-state index is 13.8. The van der Waals surface area contributed by atoms with Crippen LogP contribution < -0.4 is 20.1 Å². The van der Waals surface area contributed by atoms with E-state index in [2.05, 4.69) is 15.4 Å². The topological polar surface area (TPSA) is 96.5 Å². The lowest BCUT2D eigenvalue weighted by Crippen LogP contribution is -2.41. The summed E-state index contributed by atoms with van der Waals surface area (Å²) in [5, 5.41) is 4.93. The van der Waals surface area contributed by atoms with Crippen LogP contribution >= 0.6 is 0 Å². The molecule has 2 amide bonds. The third-order valence-corrected chi connectivity index (χ3v) is 5.90. The van der Waals surface area contributed by atoms with Gasteiger partial charge in [0.25, 0.3) is 0 Å². The van der Waals surface area contributed by atoms with Gasteiger partial charge in [0, 0.05) is 30.1 Å². The molecule has 10 heteroatoms. The molecule has 0 aliphatic carbocycles. The van der Waals surface area contributed by atoms with E-state index in [9.17, 15) is 22.0 Å². The van der Waals surface area contributed by atoms with Crippen LogP contribution in [0.5, 0.6) is 5.75 Å². The van der Waals surface area contributed by atoms with E-state index >= 15 is 0 Å². The number of urea groups is 1. The number of nitrogens with one attached hydrogen (secondary N) is 3. The van der Waals surface area contributed by atoms with Gasteiger partial charge < -0.3 is 15.4 Å². The Hall–Kier alpha value is -2.72. The molecule has 7 nitrogen and oxygen atoms in total. The average molecular weight is 427 g/mol. The SMILES string of the molecule is CC(C)(C)S(=O)(=O)NCCOc1cc(F)cc(NC(=O)Nc2ccc(F)cc2)c1. The average Bonchev–Trinajstić information content (AvgIpc) is 2.59. The molecule has 0 heterocycles. The Balaban J connectivity index is 1.92. The minimum atomic E-state index is -3.51. The summed E-state index contributed by atoms with van der Waals surface area (Å²) >= 11 is 0. The summed E-state index contributed by atoms with van der Waals surface area (Å²) in [5.41, 5.74) is 0.498. The first-order valence-corrected chi connectivity index (χ1v) is 10.2. The number of anilines is 2. The summed E-state index contributed by atoms with van der Waals surface area (Å²) in [7, 11) is -3.51. The number of carbonyl (C=O) groups is 1. The summed E-state index contributed by atoms with van der Waals surface area (Å²) in [5.74, 6) is -0.959. The van der Waals surface area contributed by atoms with E-state index in [4.69, 9.17) is 4.74 Å². The van der Waals surface area contributed by atoms with Crippen molar-refractivity contribution in [3.05, 3.63) is 54.1 Å². The van der Waals surface area contributed by atoms with Gasteiger partial charge in [0.05, 0.1) is 4.75 Å². The van der Waals surface area contributed by atoms with Gasteiger partial charge in [-0.3, -0.25) is 0 Å². The number of halogens is 2. The third-order valence-electron chi connectivity index (χ3n) is 3.70. The van der Waals surface area contributed by atoms with Crippen LogP contribution in [0.2, 0.25) is 0 Å². The Labute approximate surface area is 168 Å². The van der Waals surface area contributed by atoms with Gasteiger partial charge in [0.15, 0.2) is 0 Å². The van der Waals surface area contributed by atoms with Crippen LogP contribution in [0.15, 0.2) is 42.5 Å². The first-order valence-electron chi connectivity index (χ1n) is 8.72. The van der Waals surface area contributed by atoms with Gasteiger partial charge in [-0.1, -0.05) is 0 Å². The zero-order valence-corrected chi connectivity index (χ0v) is 17.1. The number of amides is 2. The van der Waals surface area contributed by atoms with E-state index in [1.54, 1.807) is 20.8 Å². The number of carbonyl (C=O) groups excluding carboxylic acids is 1. The summed E-state index contributed by atoms with van der Waals surface area (Å²) < 4.78 is 57.4. The van der Waals surface area contributed by atoms with Crippen molar-refractivity contribution in [2.45, 2.75) is 25.5 Å². The molecule has 0 radical (unpaired) electrons. The highest BCUT2D eigenvalue weighted by Gasteiger charge is 2.28. The number of rotatable bonds is 7. The molecule has 0 fully saturated rings. The van der Waals surface area contributed by atoms with Crippen LogP contribution in [0.25, 0.3) is 0 Å². The van der Waals surface area contributed by atoms with Crippen molar-refractivity contribution in [2.75, 3.05) is 23.8 Å². The number of hydrogen-bond acceptors (Lipinski definition) is 4. The highest BCUT2D eigenvalue weighted by atomic mass is 32.2. The molecule has 2 rings (SSSR count). The summed E-state index contributed by atoms with van der Waals surface area (Å²) in [6.07, 6.45) is 0. The fourth-order valence-corrected chi connectivity index (χ4v) is 2.89. The number of hydrogen-bond donors (Lipinski definition) is 3. The van der Waals surface area contributed by atoms with Crippen molar-refractivity contribution < 1.29 is 26.7 Å². The molecule has 0 unspecified atom stereocenters. The Morgan fingerprint density at radius 1 is 0.966 bits per heavy atom. The van der Waals surface area contributed by atoms with Crippen LogP contribution in [0.1, 0.15) is 20.8 Å². The smallest absolute Gasteiger partial charge is 0.323 e. The number of sulfonamides is 1. The fraction of sp³-hybridized carbons (Fsp3) is 0.316. The minimum absolute atomic E-state index is 0.00390. The molecular weight excluding hydrogens is 404 g/mol. The van der Waals surface area contributed by atoms with Gasteiger partial charge in [0.1, 0.15) is 24.0 Å². The highest BCUT2D eigenvalue weighted by Crippen LogP contribution is 2.21. The second-order valence-corrected chi connectivity index (χ2v) is 9.64. The molecule has 2 aromatic carbocycles. The van der Waals surface area contributed by atoms with Crippen molar-refractivity contribution in [1.82, 2.24) is 4.72 Å². The van der Waals surface area contributed by atoms with Gasteiger partial charge in [-0.2, -0.15) is 0 Å². The molecule has 0 bridgehead atoms. The highest BCUT2D eigenvalue weighted by molar-refractivity contribution is 7.90. The lowest BCUT2D eigenvalue weighted by molar-refractivity contribution is 0.262. The summed E-state index contributed by atoms with van der Waals surface area (Å²) in [6.45, 7) is 4.68. The maximum atomic E-state index is 13.8. The molecular formula is C19H23F2N3O4S. The van der Waals surface area contributed by atoms with Crippen LogP contribution in [-0.2, 0) is 10.0 Å². The molecule has 158 valence electrons. The molecule has 0 atom stereocenters. The molecule has 0 spiro atoms. The summed E-state index contributed by atoms with van der Waals surface area (Å²) in [4.78, 5) is 12.0. The third kappa shape index (κ3) is 6.99. The van der Waals surface area contributed by atoms with Gasteiger partial charge in [-0.05, 0) is 51.1 Å². The number of ether oxygens (including phenoxy) is 1. The van der Waals surface area contributed by atoms with Gasteiger partial charge in [-0.25, -0.2) is 26.7 Å². The zero-order valence-electron chi connectivity index (χ0n) is 16.3. The van der Waals surface area contributed by atoms with Crippen molar-refractivity contribution in [3.8, 4) is 5.75 Å². The lowest BCUT2D eigenvalue weighted by Gasteiger charge is -2.19. The Kier molecular flexibility index (Phi) is 7.15. The molecule has 0 aromatic heterocycles. The standard InChI is InChI=1S/C19H23F2N3O4S/c1-19(2,3)29(26,27)22-8-9-28-17-11-14(21)10-16(12-17)24-18(25)23-15-6-4-13(20)5-7-15/h4-7,10-12,22H,8-9H2,1-3H3,(H2,23,24,25). The van der Waals surface area contributed by atoms with E-state index in [1.165, 1.54) is 30.3 Å². The largest absolute Gasteiger partial charge is 0.492 e. The zero-order chi connectivity index (χ0) is 21.7. The first-order chi connectivity index (χ1) is 13.5. The molecule has 0 aliphatic rings. The maximum Gasteiger partial charge on any atom is 0.323 e. The number of benzene rings is 2. The van der Waals surface area contributed by atoms with E-state index in [0.29, 0.717) is 5.69 Å². The van der Waals surface area contributed by atoms with Crippen molar-refractivity contribution >= 4 is 27.4 Å². The normalized spacial score (nSPS) is 11.8. The Morgan fingerprint density at radius 3 is 2.21 bits per heavy atom. The molecule has 3 N–H and O–H groups in total. The second kappa shape index (κ2) is 9.19. The predicted octanol–water partition coefficient (Wildman–Crippen LogP) is 3.71. The van der Waals surface area contributed by atoms with E-state index in [-0.39, 0.29) is 24.6 Å². The monoisotopic (exact) mass is 427 g/mol. The van der Waals surface area contributed by atoms with Crippen LogP contribution in [0.4, 0.5) is 25.0 Å². The summed E-state index contributed by atoms with van der Waals surface area (Å²) in [6, 6.07) is 8.11. The van der Waals surface area contributed by atoms with Gasteiger partial charge in [0.2, 0.25) is 10.0 Å². The lowest BCUT2D eigenvalue weighted by atomic mass is 10.3. The van der Waals surface area contributed by atoms with E-state index in [0.717, 1.165) is 12.1 Å². The van der Waals surface area contributed by atoms with Gasteiger partial charge >= 0.3 is 6.03 Å². The second-order valence-electron chi connectivity index (χ2n) is 7.12. The minimum Gasteiger partial charge on any atom is -0.492 e. The fourth-order valence-electron chi connectivity index (χ4n) is 2.11. The van der Waals surface area contributed by atoms with Crippen molar-refractivity contribution in [2.24, 2.45) is 0 Å². The quantitative estimate of drug-likeness (QED) is 0.587. The Morgan fingerprint density at radius 2 is 1.59 bits per heavy atom. The molecule has 0 aliphatic heterocycles.